The van der Waals surface area contributed by atoms with Gasteiger partial charge in [0.15, 0.2) is 5.65 Å². The molecular weight excluding hydrogens is 548 g/mol. The highest BCUT2D eigenvalue weighted by molar-refractivity contribution is 6.31. The number of halogens is 3. The van der Waals surface area contributed by atoms with E-state index in [1.807, 2.05) is 0 Å². The zero-order chi connectivity index (χ0) is 28.1. The van der Waals surface area contributed by atoms with E-state index in [1.54, 1.807) is 18.5 Å². The maximum atomic E-state index is 13.2. The van der Waals surface area contributed by atoms with Gasteiger partial charge in [0.05, 0.1) is 25.0 Å². The van der Waals surface area contributed by atoms with E-state index in [-0.39, 0.29) is 51.9 Å². The Morgan fingerprint density at radius 2 is 2.05 bits per heavy atom. The number of amides is 1. The van der Waals surface area contributed by atoms with Crippen molar-refractivity contribution in [2.75, 3.05) is 18.4 Å². The molecule has 1 aliphatic rings. The van der Waals surface area contributed by atoms with Crippen LogP contribution in [0.2, 0.25) is 5.02 Å². The van der Waals surface area contributed by atoms with Gasteiger partial charge in [-0.3, -0.25) is 14.3 Å². The number of fused-ring (bicyclic) bond motifs is 1. The Hall–Kier alpha value is -4.10. The summed E-state index contributed by atoms with van der Waals surface area (Å²) in [6.45, 7) is -2.40. The molecule has 3 aromatic heterocycles. The first-order valence-corrected chi connectivity index (χ1v) is 13.1. The summed E-state index contributed by atoms with van der Waals surface area (Å²) in [7, 11) is 0. The smallest absolute Gasteiger partial charge is 0.387 e. The molecule has 1 fully saturated rings. The molecule has 11 nitrogen and oxygen atoms in total. The highest BCUT2D eigenvalue weighted by atomic mass is 35.5. The summed E-state index contributed by atoms with van der Waals surface area (Å²) in [4.78, 5) is 29.5. The molecule has 4 aromatic rings. The Labute approximate surface area is 232 Å². The van der Waals surface area contributed by atoms with Crippen LogP contribution in [-0.4, -0.2) is 62.1 Å². The molecule has 3 heterocycles. The minimum absolute atomic E-state index is 0.0140. The molecular formula is C26H26ClF2N7O4. The van der Waals surface area contributed by atoms with E-state index in [9.17, 15) is 18.4 Å². The number of alkyl halides is 2. The lowest BCUT2D eigenvalue weighted by Crippen LogP contribution is -2.29. The number of nitrogens with one attached hydrogen (secondary N) is 2. The normalized spacial score (nSPS) is 13.7. The number of ether oxygens (including phenoxy) is 2. The molecule has 0 bridgehead atoms. The molecule has 0 atom stereocenters. The molecule has 0 unspecified atom stereocenters. The summed E-state index contributed by atoms with van der Waals surface area (Å²) in [5, 5.41) is 14.7. The van der Waals surface area contributed by atoms with Gasteiger partial charge in [-0.25, -0.2) is 9.50 Å². The highest BCUT2D eigenvalue weighted by Crippen LogP contribution is 2.37. The molecule has 1 aliphatic carbocycles. The number of benzene rings is 1. The highest BCUT2D eigenvalue weighted by Gasteiger charge is 2.22. The lowest BCUT2D eigenvalue weighted by atomic mass is 10.1. The predicted molar refractivity (Wildman–Crippen MR) is 141 cm³/mol. The predicted octanol–water partition coefficient (Wildman–Crippen LogP) is 4.18. The van der Waals surface area contributed by atoms with Gasteiger partial charge >= 0.3 is 12.6 Å². The summed E-state index contributed by atoms with van der Waals surface area (Å²) < 4.78 is 39.4. The van der Waals surface area contributed by atoms with Crippen LogP contribution < -0.4 is 15.4 Å². The van der Waals surface area contributed by atoms with Gasteiger partial charge in [0.25, 0.3) is 5.91 Å². The van der Waals surface area contributed by atoms with Crippen LogP contribution in [0.3, 0.4) is 0 Å². The second kappa shape index (κ2) is 12.4. The summed E-state index contributed by atoms with van der Waals surface area (Å²) in [6.07, 6.45) is 10.0. The van der Waals surface area contributed by atoms with Gasteiger partial charge in [-0.2, -0.15) is 19.0 Å². The molecule has 1 saturated carbocycles. The van der Waals surface area contributed by atoms with Crippen molar-refractivity contribution in [3.05, 3.63) is 59.6 Å². The van der Waals surface area contributed by atoms with Gasteiger partial charge in [-0.1, -0.05) is 11.6 Å². The average molecular weight is 574 g/mol. The van der Waals surface area contributed by atoms with Gasteiger partial charge in [0.2, 0.25) is 0 Å². The number of anilines is 1. The number of rotatable bonds is 11. The number of carbonyl (C=O) groups excluding carboxylic acids is 2. The molecule has 40 heavy (non-hydrogen) atoms. The Bertz CT molecular complexity index is 1500. The molecule has 210 valence electrons. The second-order valence-corrected chi connectivity index (χ2v) is 9.58. The lowest BCUT2D eigenvalue weighted by molar-refractivity contribution is -0.147. The molecule has 0 radical (unpaired) electrons. The van der Waals surface area contributed by atoms with E-state index in [0.717, 1.165) is 25.7 Å². The van der Waals surface area contributed by atoms with Crippen molar-refractivity contribution in [2.24, 2.45) is 0 Å². The fraction of sp³-hybridized carbons (Fsp3) is 0.346. The number of carbonyl (C=O) groups is 2. The van der Waals surface area contributed by atoms with Crippen LogP contribution in [0.25, 0.3) is 16.9 Å². The molecule has 14 heteroatoms. The monoisotopic (exact) mass is 573 g/mol. The standard InChI is InChI=1S/C26H26ClF2N7O4/c27-16-6-7-21(40-26(28)29)18(12-16)23-20(33-25(38)19-13-32-36-10-3-8-31-24(19)36)15-35(34-23)11-9-30-14-22(37)39-17-4-1-2-5-17/h3,6-8,10,12-13,15,17,26,30H,1-2,4-5,9,11,14H2,(H,33,38). The number of hydrogen-bond acceptors (Lipinski definition) is 8. The van der Waals surface area contributed by atoms with Crippen LogP contribution in [0.5, 0.6) is 5.75 Å². The Kier molecular flexibility index (Phi) is 8.51. The first-order chi connectivity index (χ1) is 19.4. The van der Waals surface area contributed by atoms with E-state index >= 15 is 0 Å². The van der Waals surface area contributed by atoms with Crippen molar-refractivity contribution >= 4 is 34.8 Å². The average Bonchev–Trinajstić information content (AvgIpc) is 3.68. The van der Waals surface area contributed by atoms with E-state index < -0.39 is 12.5 Å². The van der Waals surface area contributed by atoms with Gasteiger partial charge in [-0.05, 0) is 49.9 Å². The van der Waals surface area contributed by atoms with Crippen LogP contribution in [0.4, 0.5) is 14.5 Å². The van der Waals surface area contributed by atoms with Crippen molar-refractivity contribution in [3.8, 4) is 17.0 Å². The third-order valence-corrected chi connectivity index (χ3v) is 6.57. The first-order valence-electron chi connectivity index (χ1n) is 12.7. The molecule has 1 amide bonds. The Morgan fingerprint density at radius 3 is 2.85 bits per heavy atom. The first kappa shape index (κ1) is 27.5. The SMILES string of the molecule is O=C(CNCCn1cc(NC(=O)c2cnn3cccnc23)c(-c2cc(Cl)ccc2OC(F)F)n1)OC1CCCC1. The minimum Gasteiger partial charge on any atom is -0.461 e. The minimum atomic E-state index is -3.09. The van der Waals surface area contributed by atoms with Gasteiger partial charge in [-0.15, -0.1) is 0 Å². The zero-order valence-electron chi connectivity index (χ0n) is 21.2. The van der Waals surface area contributed by atoms with Crippen molar-refractivity contribution < 1.29 is 27.8 Å². The Balaban J connectivity index is 1.36. The molecule has 0 saturated heterocycles. The number of esters is 1. The molecule has 2 N–H and O–H groups in total. The lowest BCUT2D eigenvalue weighted by Gasteiger charge is -2.12. The number of aromatic nitrogens is 5. The van der Waals surface area contributed by atoms with Crippen molar-refractivity contribution in [2.45, 2.75) is 44.9 Å². The van der Waals surface area contributed by atoms with E-state index in [0.29, 0.717) is 18.7 Å². The number of hydrogen-bond donors (Lipinski definition) is 2. The van der Waals surface area contributed by atoms with Crippen LogP contribution in [-0.2, 0) is 16.1 Å². The van der Waals surface area contributed by atoms with Gasteiger partial charge < -0.3 is 20.1 Å². The largest absolute Gasteiger partial charge is 0.461 e. The topological polar surface area (TPSA) is 125 Å². The van der Waals surface area contributed by atoms with Crippen molar-refractivity contribution in [1.29, 1.82) is 0 Å². The zero-order valence-corrected chi connectivity index (χ0v) is 22.0. The fourth-order valence-electron chi connectivity index (χ4n) is 4.51. The molecule has 0 aliphatic heterocycles. The quantitative estimate of drug-likeness (QED) is 0.202. The van der Waals surface area contributed by atoms with Crippen LogP contribution in [0.1, 0.15) is 36.0 Å². The van der Waals surface area contributed by atoms with Crippen molar-refractivity contribution in [1.82, 2.24) is 29.7 Å². The maximum absolute atomic E-state index is 13.2. The third-order valence-electron chi connectivity index (χ3n) is 6.33. The second-order valence-electron chi connectivity index (χ2n) is 9.15. The van der Waals surface area contributed by atoms with E-state index in [1.165, 1.54) is 39.8 Å². The van der Waals surface area contributed by atoms with Crippen LogP contribution >= 0.6 is 11.6 Å². The molecule has 1 aromatic carbocycles. The third kappa shape index (κ3) is 6.54. The van der Waals surface area contributed by atoms with Gasteiger partial charge in [0, 0.05) is 35.7 Å². The van der Waals surface area contributed by atoms with E-state index in [4.69, 9.17) is 21.1 Å². The van der Waals surface area contributed by atoms with Gasteiger partial charge in [0.1, 0.15) is 23.1 Å². The fourth-order valence-corrected chi connectivity index (χ4v) is 4.68. The summed E-state index contributed by atoms with van der Waals surface area (Å²) in [5.41, 5.74) is 1.09. The summed E-state index contributed by atoms with van der Waals surface area (Å²) in [5.74, 6) is -1.01. The van der Waals surface area contributed by atoms with E-state index in [2.05, 4.69) is 25.8 Å². The molecule has 0 spiro atoms. The molecule has 5 rings (SSSR count). The summed E-state index contributed by atoms with van der Waals surface area (Å²) in [6, 6.07) is 5.82. The van der Waals surface area contributed by atoms with Crippen LogP contribution in [0.15, 0.2) is 49.1 Å². The number of nitrogens with zero attached hydrogens (tertiary/aromatic N) is 5. The summed E-state index contributed by atoms with van der Waals surface area (Å²) >= 11 is 6.17. The van der Waals surface area contributed by atoms with Crippen LogP contribution in [0, 0.1) is 0 Å². The Morgan fingerprint density at radius 1 is 1.23 bits per heavy atom. The van der Waals surface area contributed by atoms with Crippen molar-refractivity contribution in [3.63, 3.8) is 0 Å². The maximum Gasteiger partial charge on any atom is 0.387 e.